The molecule has 2 N–H and O–H groups in total. The van der Waals surface area contributed by atoms with E-state index in [9.17, 15) is 0 Å². The normalized spacial score (nSPS) is 18.0. The van der Waals surface area contributed by atoms with E-state index in [4.69, 9.17) is 5.73 Å². The van der Waals surface area contributed by atoms with Crippen LogP contribution in [0.3, 0.4) is 0 Å². The van der Waals surface area contributed by atoms with Crippen molar-refractivity contribution in [3.63, 3.8) is 0 Å². The highest BCUT2D eigenvalue weighted by Crippen LogP contribution is 2.27. The lowest BCUT2D eigenvalue weighted by Crippen LogP contribution is -2.18. The van der Waals surface area contributed by atoms with Crippen LogP contribution < -0.4 is 5.73 Å². The Morgan fingerprint density at radius 2 is 1.46 bits per heavy atom. The van der Waals surface area contributed by atoms with Gasteiger partial charge in [-0.1, -0.05) is 53.4 Å². The summed E-state index contributed by atoms with van der Waals surface area (Å²) in [7, 11) is 0. The third-order valence-corrected chi connectivity index (χ3v) is 2.18. The summed E-state index contributed by atoms with van der Waals surface area (Å²) in [4.78, 5) is 0. The predicted octanol–water partition coefficient (Wildman–Crippen LogP) is 3.97. The zero-order valence-electron chi connectivity index (χ0n) is 10.3. The highest BCUT2D eigenvalue weighted by Gasteiger charge is 2.15. The predicted molar refractivity (Wildman–Crippen MR) is 62.9 cm³/mol. The lowest BCUT2D eigenvalue weighted by Gasteiger charge is -2.10. The molecule has 1 saturated carbocycles. The summed E-state index contributed by atoms with van der Waals surface area (Å²) in [5.41, 5.74) is 5.67. The van der Waals surface area contributed by atoms with E-state index in [2.05, 4.69) is 6.92 Å². The van der Waals surface area contributed by atoms with Gasteiger partial charge in [-0.3, -0.25) is 0 Å². The zero-order valence-corrected chi connectivity index (χ0v) is 10.3. The maximum Gasteiger partial charge on any atom is 0.00131 e. The van der Waals surface area contributed by atoms with Crippen molar-refractivity contribution in [1.29, 1.82) is 0 Å². The molecule has 1 rings (SSSR count). The van der Waals surface area contributed by atoms with Crippen molar-refractivity contribution in [3.8, 4) is 0 Å². The largest absolute Gasteiger partial charge is 0.328 e. The maximum absolute atomic E-state index is 5.67. The van der Waals surface area contributed by atoms with Crippen molar-refractivity contribution in [2.24, 2.45) is 11.7 Å². The summed E-state index contributed by atoms with van der Waals surface area (Å²) in [6.45, 7) is 10.1. The lowest BCUT2D eigenvalue weighted by atomic mass is 10.0. The van der Waals surface area contributed by atoms with Gasteiger partial charge in [-0.2, -0.15) is 0 Å². The highest BCUT2D eigenvalue weighted by atomic mass is 14.6. The lowest BCUT2D eigenvalue weighted by molar-refractivity contribution is 0.459. The van der Waals surface area contributed by atoms with E-state index in [1.165, 1.54) is 32.1 Å². The van der Waals surface area contributed by atoms with E-state index in [1.54, 1.807) is 0 Å². The molecule has 0 spiro atoms. The first kappa shape index (κ1) is 15.4. The molecule has 0 radical (unpaired) electrons. The zero-order chi connectivity index (χ0) is 10.7. The van der Waals surface area contributed by atoms with Gasteiger partial charge in [0.1, 0.15) is 0 Å². The molecule has 0 aromatic rings. The van der Waals surface area contributed by atoms with Crippen LogP contribution in [0, 0.1) is 5.92 Å². The van der Waals surface area contributed by atoms with E-state index in [-0.39, 0.29) is 0 Å². The smallest absolute Gasteiger partial charge is 0.00131 e. The fourth-order valence-electron chi connectivity index (χ4n) is 1.77. The van der Waals surface area contributed by atoms with Gasteiger partial charge in [-0.05, 0) is 19.3 Å². The molecule has 0 aromatic carbocycles. The van der Waals surface area contributed by atoms with Crippen LogP contribution in [-0.4, -0.2) is 6.04 Å². The second kappa shape index (κ2) is 12.0. The summed E-state index contributed by atoms with van der Waals surface area (Å²) < 4.78 is 0. The molecule has 0 saturated heterocycles. The monoisotopic (exact) mass is 187 g/mol. The quantitative estimate of drug-likeness (QED) is 0.695. The minimum absolute atomic E-state index is 0.424. The van der Waals surface area contributed by atoms with Crippen molar-refractivity contribution in [2.45, 2.75) is 72.8 Å². The SMILES string of the molecule is CC.CC.CC(N)CC1CCCC1. The van der Waals surface area contributed by atoms with Crippen LogP contribution in [-0.2, 0) is 0 Å². The Balaban J connectivity index is 0. The van der Waals surface area contributed by atoms with Gasteiger partial charge in [0, 0.05) is 6.04 Å². The molecule has 1 aliphatic carbocycles. The Labute approximate surface area is 85.1 Å². The van der Waals surface area contributed by atoms with Crippen LogP contribution in [0.2, 0.25) is 0 Å². The van der Waals surface area contributed by atoms with Crippen LogP contribution in [0.25, 0.3) is 0 Å². The highest BCUT2D eigenvalue weighted by molar-refractivity contribution is 4.70. The van der Waals surface area contributed by atoms with E-state index in [0.717, 1.165) is 5.92 Å². The summed E-state index contributed by atoms with van der Waals surface area (Å²) in [5.74, 6) is 0.963. The van der Waals surface area contributed by atoms with Crippen molar-refractivity contribution in [3.05, 3.63) is 0 Å². The second-order valence-corrected chi connectivity index (χ2v) is 3.36. The Morgan fingerprint density at radius 3 is 1.77 bits per heavy atom. The molecule has 0 heterocycles. The molecule has 0 bridgehead atoms. The standard InChI is InChI=1S/C8H17N.2C2H6/c1-7(9)6-8-4-2-3-5-8;2*1-2/h7-8H,2-6,9H2,1H3;2*1-2H3. The molecule has 0 aromatic heterocycles. The molecule has 0 amide bonds. The topological polar surface area (TPSA) is 26.0 Å². The number of rotatable bonds is 2. The van der Waals surface area contributed by atoms with Gasteiger partial charge in [-0.15, -0.1) is 0 Å². The van der Waals surface area contributed by atoms with Crippen molar-refractivity contribution < 1.29 is 0 Å². The molecule has 1 atom stereocenters. The number of hydrogen-bond donors (Lipinski definition) is 1. The molecule has 1 heteroatoms. The fourth-order valence-corrected chi connectivity index (χ4v) is 1.77. The summed E-state index contributed by atoms with van der Waals surface area (Å²) in [6.07, 6.45) is 7.00. The first-order chi connectivity index (χ1) is 6.29. The number of hydrogen-bond acceptors (Lipinski definition) is 1. The molecular weight excluding hydrogens is 158 g/mol. The van der Waals surface area contributed by atoms with E-state index in [0.29, 0.717) is 6.04 Å². The number of nitrogens with two attached hydrogens (primary N) is 1. The Hall–Kier alpha value is -0.0400. The van der Waals surface area contributed by atoms with Crippen molar-refractivity contribution in [1.82, 2.24) is 0 Å². The molecule has 13 heavy (non-hydrogen) atoms. The van der Waals surface area contributed by atoms with Gasteiger partial charge in [0.15, 0.2) is 0 Å². The molecule has 1 aliphatic rings. The van der Waals surface area contributed by atoms with Crippen LogP contribution in [0.1, 0.15) is 66.7 Å². The van der Waals surface area contributed by atoms with Crippen LogP contribution in [0.4, 0.5) is 0 Å². The fraction of sp³-hybridized carbons (Fsp3) is 1.00. The third-order valence-electron chi connectivity index (χ3n) is 2.18. The van der Waals surface area contributed by atoms with Gasteiger partial charge in [-0.25, -0.2) is 0 Å². The minimum Gasteiger partial charge on any atom is -0.328 e. The molecule has 82 valence electrons. The Bertz CT molecular complexity index is 73.2. The second-order valence-electron chi connectivity index (χ2n) is 3.36. The van der Waals surface area contributed by atoms with Crippen LogP contribution in [0.15, 0.2) is 0 Å². The molecule has 1 nitrogen and oxygen atoms in total. The van der Waals surface area contributed by atoms with E-state index in [1.807, 2.05) is 27.7 Å². The van der Waals surface area contributed by atoms with Gasteiger partial charge in [0.05, 0.1) is 0 Å². The first-order valence-electron chi connectivity index (χ1n) is 6.04. The van der Waals surface area contributed by atoms with Crippen molar-refractivity contribution >= 4 is 0 Å². The average Bonchev–Trinajstić information content (AvgIpc) is 2.63. The van der Waals surface area contributed by atoms with Crippen LogP contribution in [0.5, 0.6) is 0 Å². The molecule has 0 aliphatic heterocycles. The van der Waals surface area contributed by atoms with Crippen LogP contribution >= 0.6 is 0 Å². The Kier molecular flexibility index (Phi) is 14.2. The average molecular weight is 187 g/mol. The molecular formula is C12H29N. The maximum atomic E-state index is 5.67. The van der Waals surface area contributed by atoms with Gasteiger partial charge in [0.25, 0.3) is 0 Å². The first-order valence-corrected chi connectivity index (χ1v) is 6.04. The van der Waals surface area contributed by atoms with Crippen molar-refractivity contribution in [2.75, 3.05) is 0 Å². The summed E-state index contributed by atoms with van der Waals surface area (Å²) >= 11 is 0. The van der Waals surface area contributed by atoms with E-state index >= 15 is 0 Å². The molecule has 1 fully saturated rings. The van der Waals surface area contributed by atoms with E-state index < -0.39 is 0 Å². The minimum atomic E-state index is 0.424. The van der Waals surface area contributed by atoms with Gasteiger partial charge in [0.2, 0.25) is 0 Å². The summed E-state index contributed by atoms with van der Waals surface area (Å²) in [6, 6.07) is 0.424. The van der Waals surface area contributed by atoms with Gasteiger partial charge >= 0.3 is 0 Å². The third kappa shape index (κ3) is 9.88. The van der Waals surface area contributed by atoms with Gasteiger partial charge < -0.3 is 5.73 Å². The summed E-state index contributed by atoms with van der Waals surface area (Å²) in [5, 5.41) is 0. The molecule has 1 unspecified atom stereocenters. The Morgan fingerprint density at radius 1 is 1.08 bits per heavy atom.